The van der Waals surface area contributed by atoms with Gasteiger partial charge in [-0.15, -0.1) is 0 Å². The summed E-state index contributed by atoms with van der Waals surface area (Å²) >= 11 is 0. The maximum atomic E-state index is 2.48. The third kappa shape index (κ3) is 6.64. The van der Waals surface area contributed by atoms with E-state index in [1.165, 1.54) is 99.3 Å². The van der Waals surface area contributed by atoms with Crippen LogP contribution in [-0.2, 0) is 19.3 Å². The lowest BCUT2D eigenvalue weighted by molar-refractivity contribution is 0.312. The summed E-state index contributed by atoms with van der Waals surface area (Å²) in [5.74, 6) is 2.36. The van der Waals surface area contributed by atoms with Gasteiger partial charge in [-0.1, -0.05) is 92.2 Å². The van der Waals surface area contributed by atoms with Gasteiger partial charge in [-0.25, -0.2) is 0 Å². The monoisotopic (exact) mass is 490 g/mol. The highest BCUT2D eigenvalue weighted by atomic mass is 14.3. The van der Waals surface area contributed by atoms with E-state index in [-0.39, 0.29) is 0 Å². The number of hydrogen-bond donors (Lipinski definition) is 0. The van der Waals surface area contributed by atoms with E-state index in [4.69, 9.17) is 0 Å². The van der Waals surface area contributed by atoms with Crippen LogP contribution in [0.15, 0.2) is 78.9 Å². The van der Waals surface area contributed by atoms with Crippen molar-refractivity contribution in [2.75, 3.05) is 0 Å². The molecule has 194 valence electrons. The zero-order valence-corrected chi connectivity index (χ0v) is 23.2. The standard InChI is InChI=1S/C37H46/c1-3-5-7-9-29-10-14-30(15-11-29)31-18-20-33(21-19-31)35-23-25-36-26-34(22-24-37(36)27-35)32-16-12-28(13-17-32)8-6-4-2/h3,5,12-13,16-21,23,25,27,29-30,34H,4,6-11,14-15,22,24,26H2,1-2H3/b5-3+. The van der Waals surface area contributed by atoms with E-state index in [1.54, 1.807) is 16.7 Å². The van der Waals surface area contributed by atoms with Gasteiger partial charge in [0.1, 0.15) is 0 Å². The summed E-state index contributed by atoms with van der Waals surface area (Å²) in [6.45, 7) is 4.41. The summed E-state index contributed by atoms with van der Waals surface area (Å²) in [5.41, 5.74) is 10.4. The summed E-state index contributed by atoms with van der Waals surface area (Å²) < 4.78 is 0. The van der Waals surface area contributed by atoms with Crippen molar-refractivity contribution >= 4 is 0 Å². The number of hydrogen-bond acceptors (Lipinski definition) is 0. The molecular weight excluding hydrogens is 444 g/mol. The fraction of sp³-hybridized carbons (Fsp3) is 0.459. The fourth-order valence-corrected chi connectivity index (χ4v) is 6.79. The normalized spacial score (nSPS) is 21.7. The predicted octanol–water partition coefficient (Wildman–Crippen LogP) is 10.6. The average molecular weight is 491 g/mol. The Balaban J connectivity index is 1.18. The quantitative estimate of drug-likeness (QED) is 0.262. The molecule has 0 saturated heterocycles. The van der Waals surface area contributed by atoms with Crippen LogP contribution in [0.1, 0.15) is 111 Å². The third-order valence-electron chi connectivity index (χ3n) is 9.24. The number of aryl methyl sites for hydroxylation is 2. The molecule has 0 heterocycles. The molecule has 0 radical (unpaired) electrons. The molecule has 0 aliphatic heterocycles. The summed E-state index contributed by atoms with van der Waals surface area (Å²) in [5, 5.41) is 0. The minimum Gasteiger partial charge on any atom is -0.0917 e. The molecule has 3 aromatic carbocycles. The topological polar surface area (TPSA) is 0 Å². The van der Waals surface area contributed by atoms with Gasteiger partial charge >= 0.3 is 0 Å². The van der Waals surface area contributed by atoms with E-state index in [2.05, 4.69) is 92.7 Å². The summed E-state index contributed by atoms with van der Waals surface area (Å²) in [7, 11) is 0. The van der Waals surface area contributed by atoms with Gasteiger partial charge in [-0.2, -0.15) is 0 Å². The van der Waals surface area contributed by atoms with Gasteiger partial charge in [0.05, 0.1) is 0 Å². The SMILES string of the molecule is C/C=C/CCC1CCC(c2ccc(-c3ccc4c(c3)CCC(c3ccc(CCCC)cc3)C4)cc2)CC1. The lowest BCUT2D eigenvalue weighted by atomic mass is 9.77. The number of fused-ring (bicyclic) bond motifs is 1. The molecule has 1 fully saturated rings. The van der Waals surface area contributed by atoms with E-state index < -0.39 is 0 Å². The Morgan fingerprint density at radius 3 is 2.16 bits per heavy atom. The van der Waals surface area contributed by atoms with Gasteiger partial charge < -0.3 is 0 Å². The zero-order valence-electron chi connectivity index (χ0n) is 23.2. The van der Waals surface area contributed by atoms with Gasteiger partial charge in [0.25, 0.3) is 0 Å². The van der Waals surface area contributed by atoms with E-state index in [1.807, 2.05) is 0 Å². The molecule has 1 atom stereocenters. The van der Waals surface area contributed by atoms with Crippen LogP contribution in [0.25, 0.3) is 11.1 Å². The first-order valence-corrected chi connectivity index (χ1v) is 15.2. The van der Waals surface area contributed by atoms with E-state index >= 15 is 0 Å². The highest BCUT2D eigenvalue weighted by Gasteiger charge is 2.23. The first kappa shape index (κ1) is 26.0. The van der Waals surface area contributed by atoms with Gasteiger partial charge in [-0.05, 0) is 134 Å². The van der Waals surface area contributed by atoms with Crippen molar-refractivity contribution in [2.45, 2.75) is 103 Å². The maximum Gasteiger partial charge on any atom is -0.0118 e. The first-order chi connectivity index (χ1) is 18.2. The minimum absolute atomic E-state index is 0.663. The van der Waals surface area contributed by atoms with Crippen LogP contribution in [0, 0.1) is 5.92 Å². The molecule has 2 aliphatic rings. The van der Waals surface area contributed by atoms with Crippen molar-refractivity contribution in [3.8, 4) is 11.1 Å². The Hall–Kier alpha value is -2.60. The fourth-order valence-electron chi connectivity index (χ4n) is 6.79. The van der Waals surface area contributed by atoms with Crippen LogP contribution < -0.4 is 0 Å². The van der Waals surface area contributed by atoms with Gasteiger partial charge in [0, 0.05) is 0 Å². The molecule has 3 aromatic rings. The number of benzene rings is 3. The van der Waals surface area contributed by atoms with Crippen molar-refractivity contribution in [2.24, 2.45) is 5.92 Å². The third-order valence-corrected chi connectivity index (χ3v) is 9.24. The van der Waals surface area contributed by atoms with Crippen LogP contribution >= 0.6 is 0 Å². The van der Waals surface area contributed by atoms with Gasteiger partial charge in [-0.3, -0.25) is 0 Å². The van der Waals surface area contributed by atoms with Crippen LogP contribution in [-0.4, -0.2) is 0 Å². The van der Waals surface area contributed by atoms with Crippen LogP contribution in [0.2, 0.25) is 0 Å². The van der Waals surface area contributed by atoms with Crippen LogP contribution in [0.3, 0.4) is 0 Å². The highest BCUT2D eigenvalue weighted by Crippen LogP contribution is 2.39. The Bertz CT molecular complexity index is 1140. The molecular formula is C37H46. The molecule has 2 aliphatic carbocycles. The van der Waals surface area contributed by atoms with Gasteiger partial charge in [0.2, 0.25) is 0 Å². The Kier molecular flexibility index (Phi) is 8.98. The molecule has 0 amide bonds. The second-order valence-corrected chi connectivity index (χ2v) is 11.8. The number of unbranched alkanes of at least 4 members (excludes halogenated alkanes) is 1. The van der Waals surface area contributed by atoms with Crippen molar-refractivity contribution < 1.29 is 0 Å². The van der Waals surface area contributed by atoms with E-state index in [9.17, 15) is 0 Å². The minimum atomic E-state index is 0.663. The van der Waals surface area contributed by atoms with Crippen molar-refractivity contribution in [3.63, 3.8) is 0 Å². The molecule has 5 rings (SSSR count). The van der Waals surface area contributed by atoms with Crippen LogP contribution in [0.4, 0.5) is 0 Å². The summed E-state index contributed by atoms with van der Waals surface area (Å²) in [6.07, 6.45) is 20.1. The highest BCUT2D eigenvalue weighted by molar-refractivity contribution is 5.65. The number of allylic oxidation sites excluding steroid dienone is 2. The molecule has 0 spiro atoms. The molecule has 37 heavy (non-hydrogen) atoms. The van der Waals surface area contributed by atoms with E-state index in [0.29, 0.717) is 5.92 Å². The smallest absolute Gasteiger partial charge is 0.0118 e. The van der Waals surface area contributed by atoms with Crippen molar-refractivity contribution in [3.05, 3.63) is 107 Å². The Morgan fingerprint density at radius 2 is 1.43 bits per heavy atom. The van der Waals surface area contributed by atoms with E-state index in [0.717, 1.165) is 11.8 Å². The summed E-state index contributed by atoms with van der Waals surface area (Å²) in [6, 6.07) is 26.4. The molecule has 0 heteroatoms. The Morgan fingerprint density at radius 1 is 0.730 bits per heavy atom. The zero-order chi connectivity index (χ0) is 25.5. The predicted molar refractivity (Wildman–Crippen MR) is 160 cm³/mol. The number of rotatable bonds is 9. The van der Waals surface area contributed by atoms with Crippen molar-refractivity contribution in [1.29, 1.82) is 0 Å². The molecule has 0 aromatic heterocycles. The second kappa shape index (κ2) is 12.8. The molecule has 0 N–H and O–H groups in total. The van der Waals surface area contributed by atoms with Gasteiger partial charge in [0.15, 0.2) is 0 Å². The molecule has 1 unspecified atom stereocenters. The maximum absolute atomic E-state index is 2.48. The first-order valence-electron chi connectivity index (χ1n) is 15.2. The average Bonchev–Trinajstić information content (AvgIpc) is 2.96. The second-order valence-electron chi connectivity index (χ2n) is 11.8. The lowest BCUT2D eigenvalue weighted by Gasteiger charge is -2.29. The molecule has 1 saturated carbocycles. The van der Waals surface area contributed by atoms with Crippen LogP contribution in [0.5, 0.6) is 0 Å². The largest absolute Gasteiger partial charge is 0.0917 e. The summed E-state index contributed by atoms with van der Waals surface area (Å²) in [4.78, 5) is 0. The molecule has 0 nitrogen and oxygen atoms in total. The Labute approximate surface area is 226 Å². The lowest BCUT2D eigenvalue weighted by Crippen LogP contribution is -2.13. The molecule has 0 bridgehead atoms. The van der Waals surface area contributed by atoms with Crippen molar-refractivity contribution in [1.82, 2.24) is 0 Å².